The van der Waals surface area contributed by atoms with Crippen molar-refractivity contribution in [1.29, 1.82) is 0 Å². The summed E-state index contributed by atoms with van der Waals surface area (Å²) in [7, 11) is 1.50. The van der Waals surface area contributed by atoms with Gasteiger partial charge in [0.25, 0.3) is 0 Å². The summed E-state index contributed by atoms with van der Waals surface area (Å²) < 4.78 is 0. The smallest absolute Gasteiger partial charge is 0.0323 e. The van der Waals surface area contributed by atoms with Gasteiger partial charge in [-0.1, -0.05) is 49.4 Å². The first kappa shape index (κ1) is 17.7. The van der Waals surface area contributed by atoms with Crippen LogP contribution in [0, 0.1) is 13.8 Å². The van der Waals surface area contributed by atoms with Gasteiger partial charge in [-0.15, -0.1) is 0 Å². The Morgan fingerprint density at radius 2 is 1.65 bits per heavy atom. The zero-order valence-electron chi connectivity index (χ0n) is 14.9. The van der Waals surface area contributed by atoms with Crippen molar-refractivity contribution >= 4 is 0 Å². The van der Waals surface area contributed by atoms with E-state index >= 15 is 0 Å². The second-order valence-corrected chi connectivity index (χ2v) is 6.21. The predicted molar refractivity (Wildman–Crippen MR) is 100.0 cm³/mol. The lowest BCUT2D eigenvalue weighted by atomic mass is 9.76. The van der Waals surface area contributed by atoms with Crippen LogP contribution < -0.4 is 11.1 Å². The summed E-state index contributed by atoms with van der Waals surface area (Å²) in [6.45, 7) is 7.63. The van der Waals surface area contributed by atoms with Gasteiger partial charge in [-0.2, -0.15) is 0 Å². The number of hydrogen-bond donors (Lipinski definition) is 2. The molecule has 0 saturated heterocycles. The number of nitrogens with two attached hydrogens (primary N) is 1. The van der Waals surface area contributed by atoms with E-state index in [4.69, 9.17) is 0 Å². The predicted octanol–water partition coefficient (Wildman–Crippen LogP) is 4.45. The molecule has 2 aromatic carbocycles. The van der Waals surface area contributed by atoms with E-state index in [0.717, 1.165) is 6.54 Å². The molecule has 124 valence electrons. The normalized spacial score (nSPS) is 19.5. The highest BCUT2D eigenvalue weighted by Gasteiger charge is 2.27. The fourth-order valence-electron chi connectivity index (χ4n) is 3.58. The summed E-state index contributed by atoms with van der Waals surface area (Å²) in [5, 5.41) is 3.63. The molecule has 0 aromatic heterocycles. The molecule has 0 aliphatic heterocycles. The highest BCUT2D eigenvalue weighted by molar-refractivity contribution is 5.43. The highest BCUT2D eigenvalue weighted by Crippen LogP contribution is 2.41. The van der Waals surface area contributed by atoms with Crippen LogP contribution in [-0.2, 0) is 0 Å². The van der Waals surface area contributed by atoms with Gasteiger partial charge >= 0.3 is 0 Å². The van der Waals surface area contributed by atoms with Crippen LogP contribution in [-0.4, -0.2) is 13.6 Å². The molecule has 0 radical (unpaired) electrons. The molecule has 1 aliphatic carbocycles. The molecule has 0 fully saturated rings. The minimum Gasteiger partial charge on any atom is -0.333 e. The standard InChI is InChI=1S/C20H25N.CH5N/c1-4-21-20-12-11-17(18-7-5-6-8-19(18)20)16-10-9-14(2)15(3)13-16;1-2/h5-10,13,17,20-21H,4,11-12H2,1-3H3;2H2,1H3. The minimum atomic E-state index is 0.522. The average molecular weight is 310 g/mol. The summed E-state index contributed by atoms with van der Waals surface area (Å²) >= 11 is 0. The second-order valence-electron chi connectivity index (χ2n) is 6.21. The lowest BCUT2D eigenvalue weighted by Gasteiger charge is -2.32. The Balaban J connectivity index is 0.000000924. The lowest BCUT2D eigenvalue weighted by Crippen LogP contribution is -2.26. The third kappa shape index (κ3) is 3.82. The van der Waals surface area contributed by atoms with Crippen LogP contribution in [0.5, 0.6) is 0 Å². The van der Waals surface area contributed by atoms with Crippen molar-refractivity contribution in [3.8, 4) is 0 Å². The van der Waals surface area contributed by atoms with Crippen LogP contribution in [0.15, 0.2) is 42.5 Å². The van der Waals surface area contributed by atoms with Crippen molar-refractivity contribution in [2.24, 2.45) is 5.73 Å². The van der Waals surface area contributed by atoms with Crippen molar-refractivity contribution in [1.82, 2.24) is 5.32 Å². The number of nitrogens with one attached hydrogen (secondary N) is 1. The third-order valence-corrected chi connectivity index (χ3v) is 4.87. The SMILES string of the molecule is CCNC1CCC(c2ccc(C)c(C)c2)c2ccccc21.CN. The molecular formula is C21H30N2. The van der Waals surface area contributed by atoms with Crippen LogP contribution in [0.2, 0.25) is 0 Å². The van der Waals surface area contributed by atoms with E-state index in [1.54, 1.807) is 0 Å². The number of hydrogen-bond acceptors (Lipinski definition) is 2. The molecule has 0 heterocycles. The van der Waals surface area contributed by atoms with Crippen LogP contribution in [0.1, 0.15) is 59.5 Å². The van der Waals surface area contributed by atoms with Gasteiger partial charge < -0.3 is 11.1 Å². The first-order valence-corrected chi connectivity index (χ1v) is 8.67. The Morgan fingerprint density at radius 1 is 0.957 bits per heavy atom. The van der Waals surface area contributed by atoms with Crippen molar-refractivity contribution < 1.29 is 0 Å². The summed E-state index contributed by atoms with van der Waals surface area (Å²) in [6.07, 6.45) is 2.46. The van der Waals surface area contributed by atoms with E-state index in [0.29, 0.717) is 12.0 Å². The summed E-state index contributed by atoms with van der Waals surface area (Å²) in [4.78, 5) is 0. The van der Waals surface area contributed by atoms with Crippen molar-refractivity contribution in [3.05, 3.63) is 70.3 Å². The maximum absolute atomic E-state index is 4.50. The molecule has 2 unspecified atom stereocenters. The molecule has 2 nitrogen and oxygen atoms in total. The van der Waals surface area contributed by atoms with Crippen LogP contribution in [0.4, 0.5) is 0 Å². The molecule has 1 aliphatic rings. The molecule has 0 saturated carbocycles. The summed E-state index contributed by atoms with van der Waals surface area (Å²) in [5.41, 5.74) is 11.8. The number of aryl methyl sites for hydroxylation is 2. The van der Waals surface area contributed by atoms with Gasteiger partial charge in [0.2, 0.25) is 0 Å². The van der Waals surface area contributed by atoms with Gasteiger partial charge in [0.15, 0.2) is 0 Å². The highest BCUT2D eigenvalue weighted by atomic mass is 14.9. The Bertz CT molecular complexity index is 633. The van der Waals surface area contributed by atoms with Crippen LogP contribution >= 0.6 is 0 Å². The van der Waals surface area contributed by atoms with E-state index in [1.807, 2.05) is 0 Å². The molecule has 3 N–H and O–H groups in total. The summed E-state index contributed by atoms with van der Waals surface area (Å²) in [6, 6.07) is 16.5. The molecule has 0 spiro atoms. The zero-order valence-corrected chi connectivity index (χ0v) is 14.9. The molecule has 2 atom stereocenters. The molecule has 0 amide bonds. The minimum absolute atomic E-state index is 0.522. The number of benzene rings is 2. The van der Waals surface area contributed by atoms with Gasteiger partial charge in [-0.3, -0.25) is 0 Å². The van der Waals surface area contributed by atoms with Crippen LogP contribution in [0.3, 0.4) is 0 Å². The monoisotopic (exact) mass is 310 g/mol. The number of fused-ring (bicyclic) bond motifs is 1. The molecule has 2 heteroatoms. The van der Waals surface area contributed by atoms with Crippen molar-refractivity contribution in [3.63, 3.8) is 0 Å². The van der Waals surface area contributed by atoms with Gasteiger partial charge in [0.1, 0.15) is 0 Å². The van der Waals surface area contributed by atoms with Gasteiger partial charge in [0.05, 0.1) is 0 Å². The number of rotatable bonds is 3. The van der Waals surface area contributed by atoms with E-state index < -0.39 is 0 Å². The van der Waals surface area contributed by atoms with E-state index in [-0.39, 0.29) is 0 Å². The average Bonchev–Trinajstić information content (AvgIpc) is 2.60. The summed E-state index contributed by atoms with van der Waals surface area (Å²) in [5.74, 6) is 0.551. The second kappa shape index (κ2) is 8.28. The molecule has 0 bridgehead atoms. The van der Waals surface area contributed by atoms with Gasteiger partial charge in [0, 0.05) is 12.0 Å². The van der Waals surface area contributed by atoms with E-state index in [1.165, 1.54) is 47.7 Å². The maximum atomic E-state index is 4.50. The Hall–Kier alpha value is -1.64. The fraction of sp³-hybridized carbons (Fsp3) is 0.429. The topological polar surface area (TPSA) is 38.0 Å². The Labute approximate surface area is 141 Å². The quantitative estimate of drug-likeness (QED) is 0.878. The molecular weight excluding hydrogens is 280 g/mol. The molecule has 2 aromatic rings. The van der Waals surface area contributed by atoms with Crippen molar-refractivity contribution in [2.45, 2.75) is 45.6 Å². The first-order valence-electron chi connectivity index (χ1n) is 8.67. The largest absolute Gasteiger partial charge is 0.333 e. The van der Waals surface area contributed by atoms with Gasteiger partial charge in [-0.25, -0.2) is 0 Å². The van der Waals surface area contributed by atoms with E-state index in [9.17, 15) is 0 Å². The lowest BCUT2D eigenvalue weighted by molar-refractivity contribution is 0.450. The Morgan fingerprint density at radius 3 is 2.30 bits per heavy atom. The fourth-order valence-corrected chi connectivity index (χ4v) is 3.58. The Kier molecular flexibility index (Phi) is 6.37. The van der Waals surface area contributed by atoms with Crippen molar-refractivity contribution in [2.75, 3.05) is 13.6 Å². The maximum Gasteiger partial charge on any atom is 0.0323 e. The van der Waals surface area contributed by atoms with E-state index in [2.05, 4.69) is 74.3 Å². The molecule has 3 rings (SSSR count). The third-order valence-electron chi connectivity index (χ3n) is 4.87. The zero-order chi connectivity index (χ0) is 16.8. The van der Waals surface area contributed by atoms with Crippen LogP contribution in [0.25, 0.3) is 0 Å². The van der Waals surface area contributed by atoms with Gasteiger partial charge in [-0.05, 0) is 68.1 Å². The first-order chi connectivity index (χ1) is 11.2. The molecule has 23 heavy (non-hydrogen) atoms.